The summed E-state index contributed by atoms with van der Waals surface area (Å²) in [7, 11) is 2.01. The smallest absolute Gasteiger partial charge is 0.341 e. The van der Waals surface area contributed by atoms with Gasteiger partial charge in [0.15, 0.2) is 17.3 Å². The Labute approximate surface area is 149 Å². The van der Waals surface area contributed by atoms with Gasteiger partial charge in [0.05, 0.1) is 5.39 Å². The van der Waals surface area contributed by atoms with Gasteiger partial charge in [-0.3, -0.25) is 4.79 Å². The molecule has 1 saturated heterocycles. The van der Waals surface area contributed by atoms with Crippen molar-refractivity contribution in [2.75, 3.05) is 38.1 Å². The second kappa shape index (κ2) is 5.44. The highest BCUT2D eigenvalue weighted by Gasteiger charge is 2.38. The van der Waals surface area contributed by atoms with Gasteiger partial charge < -0.3 is 24.2 Å². The van der Waals surface area contributed by atoms with E-state index in [0.29, 0.717) is 30.0 Å². The van der Waals surface area contributed by atoms with Crippen LogP contribution in [0.1, 0.15) is 24.2 Å². The number of halogens is 1. The van der Waals surface area contributed by atoms with Gasteiger partial charge in [-0.2, -0.15) is 0 Å². The van der Waals surface area contributed by atoms with Crippen LogP contribution in [-0.4, -0.2) is 53.8 Å². The van der Waals surface area contributed by atoms with Crippen LogP contribution >= 0.6 is 0 Å². The molecule has 1 aromatic heterocycles. The van der Waals surface area contributed by atoms with Crippen molar-refractivity contribution in [3.63, 3.8) is 0 Å². The SMILES string of the molecule is CN1CCN(c2c(F)cc3c(=O)c(C(=O)O)cn4c3c2OC4(C)C)CC1. The molecule has 0 unspecified atom stereocenters. The summed E-state index contributed by atoms with van der Waals surface area (Å²) >= 11 is 0. The maximum atomic E-state index is 15.0. The van der Waals surface area contributed by atoms with Crippen LogP contribution in [0.5, 0.6) is 5.75 Å². The van der Waals surface area contributed by atoms with Crippen LogP contribution in [0.25, 0.3) is 10.9 Å². The molecular weight excluding hydrogens is 341 g/mol. The average Bonchev–Trinajstić information content (AvgIpc) is 2.82. The normalized spacial score (nSPS) is 19.0. The van der Waals surface area contributed by atoms with Crippen molar-refractivity contribution in [3.05, 3.63) is 33.9 Å². The fraction of sp³-hybridized carbons (Fsp3) is 0.444. The van der Waals surface area contributed by atoms with Gasteiger partial charge in [0.25, 0.3) is 0 Å². The first-order chi connectivity index (χ1) is 12.2. The van der Waals surface area contributed by atoms with E-state index in [1.165, 1.54) is 6.20 Å². The van der Waals surface area contributed by atoms with Gasteiger partial charge in [-0.05, 0) is 27.0 Å². The minimum atomic E-state index is -1.34. The quantitative estimate of drug-likeness (QED) is 0.877. The topological polar surface area (TPSA) is 75.0 Å². The number of likely N-dealkylation sites (N-methyl/N-ethyl adjacent to an activating group) is 1. The molecule has 3 heterocycles. The maximum absolute atomic E-state index is 15.0. The molecule has 1 aromatic carbocycles. The summed E-state index contributed by atoms with van der Waals surface area (Å²) in [5.74, 6) is -1.60. The molecule has 0 spiro atoms. The van der Waals surface area contributed by atoms with E-state index in [9.17, 15) is 14.7 Å². The number of aromatic carboxylic acids is 1. The van der Waals surface area contributed by atoms with Crippen LogP contribution in [0.3, 0.4) is 0 Å². The lowest BCUT2D eigenvalue weighted by Gasteiger charge is -2.35. The van der Waals surface area contributed by atoms with Crippen molar-refractivity contribution in [1.29, 1.82) is 0 Å². The molecule has 2 aliphatic heterocycles. The molecule has 0 saturated carbocycles. The molecule has 0 radical (unpaired) electrons. The lowest BCUT2D eigenvalue weighted by molar-refractivity contribution is 0.0554. The average molecular weight is 361 g/mol. The minimum Gasteiger partial charge on any atom is -0.477 e. The predicted molar refractivity (Wildman–Crippen MR) is 94.8 cm³/mol. The van der Waals surface area contributed by atoms with Crippen molar-refractivity contribution < 1.29 is 19.0 Å². The summed E-state index contributed by atoms with van der Waals surface area (Å²) in [6.45, 7) is 6.40. The Hall–Kier alpha value is -2.61. The maximum Gasteiger partial charge on any atom is 0.341 e. The van der Waals surface area contributed by atoms with E-state index in [-0.39, 0.29) is 5.39 Å². The number of hydrogen-bond donors (Lipinski definition) is 1. The molecule has 2 aromatic rings. The van der Waals surface area contributed by atoms with Gasteiger partial charge in [-0.15, -0.1) is 0 Å². The summed E-state index contributed by atoms with van der Waals surface area (Å²) in [5, 5.41) is 9.35. The van der Waals surface area contributed by atoms with Gasteiger partial charge in [-0.1, -0.05) is 0 Å². The fourth-order valence-electron chi connectivity index (χ4n) is 3.71. The molecule has 7 nitrogen and oxygen atoms in total. The zero-order chi connectivity index (χ0) is 18.8. The zero-order valence-corrected chi connectivity index (χ0v) is 14.9. The van der Waals surface area contributed by atoms with E-state index in [2.05, 4.69) is 4.90 Å². The monoisotopic (exact) mass is 361 g/mol. The standard InChI is InChI=1S/C18H20FN3O4/c1-18(2)22-9-11(17(24)25)15(23)10-8-12(19)14(16(26-18)13(10)22)21-6-4-20(3)5-7-21/h8-9H,4-7H2,1-3H3,(H,24,25). The van der Waals surface area contributed by atoms with Gasteiger partial charge in [-0.25, -0.2) is 9.18 Å². The van der Waals surface area contributed by atoms with E-state index < -0.39 is 28.5 Å². The van der Waals surface area contributed by atoms with Gasteiger partial charge in [0, 0.05) is 32.4 Å². The van der Waals surface area contributed by atoms with Crippen LogP contribution in [-0.2, 0) is 5.72 Å². The minimum absolute atomic E-state index is 0.0286. The third-order valence-corrected chi connectivity index (χ3v) is 5.15. The molecule has 0 atom stereocenters. The number of piperazine rings is 1. The molecule has 0 amide bonds. The molecule has 0 aliphatic carbocycles. The number of carboxylic acids is 1. The zero-order valence-electron chi connectivity index (χ0n) is 14.9. The number of aromatic nitrogens is 1. The molecule has 2 aliphatic rings. The van der Waals surface area contributed by atoms with Crippen molar-refractivity contribution in [1.82, 2.24) is 9.47 Å². The highest BCUT2D eigenvalue weighted by Crippen LogP contribution is 2.46. The molecule has 1 N–H and O–H groups in total. The Morgan fingerprint density at radius 1 is 1.27 bits per heavy atom. The van der Waals surface area contributed by atoms with E-state index in [1.807, 2.05) is 11.9 Å². The fourth-order valence-corrected chi connectivity index (χ4v) is 3.71. The lowest BCUT2D eigenvalue weighted by Crippen LogP contribution is -2.45. The molecule has 1 fully saturated rings. The number of rotatable bonds is 2. The first-order valence-electron chi connectivity index (χ1n) is 8.49. The third kappa shape index (κ3) is 2.28. The van der Waals surface area contributed by atoms with E-state index >= 15 is 4.39 Å². The van der Waals surface area contributed by atoms with Gasteiger partial charge >= 0.3 is 5.97 Å². The second-order valence-electron chi connectivity index (χ2n) is 7.32. The number of nitrogens with zero attached hydrogens (tertiary/aromatic N) is 3. The summed E-state index contributed by atoms with van der Waals surface area (Å²) < 4.78 is 22.6. The van der Waals surface area contributed by atoms with Crippen LogP contribution in [0.4, 0.5) is 10.1 Å². The number of carbonyl (C=O) groups is 1. The van der Waals surface area contributed by atoms with E-state index in [0.717, 1.165) is 19.2 Å². The number of anilines is 1. The molecule has 138 valence electrons. The second-order valence-corrected chi connectivity index (χ2v) is 7.32. The Morgan fingerprint density at radius 2 is 1.92 bits per heavy atom. The first kappa shape index (κ1) is 16.8. The number of carboxylic acid groups (broad SMARTS) is 1. The number of ether oxygens (including phenoxy) is 1. The van der Waals surface area contributed by atoms with Crippen molar-refractivity contribution in [3.8, 4) is 5.75 Å². The third-order valence-electron chi connectivity index (χ3n) is 5.15. The Kier molecular flexibility index (Phi) is 3.52. The first-order valence-corrected chi connectivity index (χ1v) is 8.49. The molecule has 8 heteroatoms. The number of hydrogen-bond acceptors (Lipinski definition) is 5. The summed E-state index contributed by atoms with van der Waals surface area (Å²) in [5.41, 5.74) is -1.23. The molecule has 4 rings (SSSR count). The van der Waals surface area contributed by atoms with Gasteiger partial charge in [0.1, 0.15) is 16.8 Å². The Bertz CT molecular complexity index is 990. The molecular formula is C18H20FN3O4. The summed E-state index contributed by atoms with van der Waals surface area (Å²) in [6.07, 6.45) is 1.29. The van der Waals surface area contributed by atoms with Crippen molar-refractivity contribution in [2.24, 2.45) is 0 Å². The van der Waals surface area contributed by atoms with Crippen LogP contribution in [0, 0.1) is 5.82 Å². The highest BCUT2D eigenvalue weighted by atomic mass is 19.1. The molecule has 26 heavy (non-hydrogen) atoms. The Balaban J connectivity index is 2.01. The lowest BCUT2D eigenvalue weighted by atomic mass is 10.1. The van der Waals surface area contributed by atoms with E-state index in [4.69, 9.17) is 4.74 Å². The number of benzene rings is 1. The van der Waals surface area contributed by atoms with Gasteiger partial charge in [0.2, 0.25) is 5.43 Å². The predicted octanol–water partition coefficient (Wildman–Crippen LogP) is 1.68. The van der Waals surface area contributed by atoms with Crippen LogP contribution < -0.4 is 15.1 Å². The van der Waals surface area contributed by atoms with Crippen molar-refractivity contribution >= 4 is 22.6 Å². The number of pyridine rings is 1. The van der Waals surface area contributed by atoms with E-state index in [1.54, 1.807) is 18.4 Å². The van der Waals surface area contributed by atoms with Crippen LogP contribution in [0.15, 0.2) is 17.1 Å². The summed E-state index contributed by atoms with van der Waals surface area (Å²) in [4.78, 5) is 28.1. The van der Waals surface area contributed by atoms with Crippen molar-refractivity contribution in [2.45, 2.75) is 19.6 Å². The Morgan fingerprint density at radius 3 is 2.54 bits per heavy atom. The highest BCUT2D eigenvalue weighted by molar-refractivity contribution is 5.97. The molecule has 0 bridgehead atoms. The van der Waals surface area contributed by atoms with Crippen LogP contribution in [0.2, 0.25) is 0 Å². The largest absolute Gasteiger partial charge is 0.477 e. The summed E-state index contributed by atoms with van der Waals surface area (Å²) in [6, 6.07) is 1.14.